The molecule has 0 aromatic carbocycles. The van der Waals surface area contributed by atoms with Crippen molar-refractivity contribution in [2.45, 2.75) is 0 Å². The summed E-state index contributed by atoms with van der Waals surface area (Å²) in [6.45, 7) is 0. The van der Waals surface area contributed by atoms with Gasteiger partial charge in [-0.3, -0.25) is 4.46 Å². The molecule has 0 heterocycles. The fourth-order valence-electron chi connectivity index (χ4n) is 0. The summed E-state index contributed by atoms with van der Waals surface area (Å²) in [5.74, 6) is 0. The quantitative estimate of drug-likeness (QED) is 0.398. The molecule has 11 heteroatoms. The van der Waals surface area contributed by atoms with Gasteiger partial charge in [0.2, 0.25) is 0 Å². The predicted octanol–water partition coefficient (Wildman–Crippen LogP) is -11.7. The second-order valence-corrected chi connectivity index (χ2v) is 1.60. The van der Waals surface area contributed by atoms with Crippen LogP contribution >= 0.6 is 0 Å². The molecule has 0 fully saturated rings. The summed E-state index contributed by atoms with van der Waals surface area (Å²) in [7, 11) is -6.76. The Kier molecular flexibility index (Phi) is 60.2. The average Bonchev–Trinajstić information content (AvgIpc) is 1.25. The fraction of sp³-hybridized carbons (Fsp3) is 0. The Morgan fingerprint density at radius 2 is 1.00 bits per heavy atom. The van der Waals surface area contributed by atoms with Crippen molar-refractivity contribution >= 4 is 35.7 Å². The molecule has 54 valence electrons. The molecule has 0 aromatic heterocycles. The molecule has 0 spiro atoms. The summed E-state index contributed by atoms with van der Waals surface area (Å²) in [5.41, 5.74) is 0. The van der Waals surface area contributed by atoms with Crippen molar-refractivity contribution < 1.29 is 87.2 Å². The van der Waals surface area contributed by atoms with Gasteiger partial charge in [0.15, 0.2) is 17.4 Å². The van der Waals surface area contributed by atoms with Crippen LogP contribution in [0.4, 0.5) is 0 Å². The summed E-state index contributed by atoms with van der Waals surface area (Å²) in [5, 5.41) is 0. The van der Waals surface area contributed by atoms with E-state index in [4.69, 9.17) is 28.1 Å². The van der Waals surface area contributed by atoms with Gasteiger partial charge in [0, 0.05) is 9.17 Å². The smallest absolute Gasteiger partial charge is 0.672 e. The standard InChI is InChI=1S/Al.2Na.H2O3Si.O3Si.3H/c;;;2*1-4(2)3;;;/h;;;1-2H;;;;/q;2*+1;;-2;;;. The average molecular weight is 230 g/mol. The molecule has 0 saturated heterocycles. The zero-order valence-electron chi connectivity index (χ0n) is 5.53. The van der Waals surface area contributed by atoms with Gasteiger partial charge in [0.1, 0.15) is 0 Å². The monoisotopic (exact) mass is 230 g/mol. The molecule has 0 aliphatic rings. The molecule has 2 N–H and O–H groups in total. The van der Waals surface area contributed by atoms with Gasteiger partial charge in [-0.1, -0.05) is 0 Å². The Balaban J connectivity index is -0.0000000171. The molecule has 0 aromatic rings. The third-order valence-electron chi connectivity index (χ3n) is 0. The van der Waals surface area contributed by atoms with Gasteiger partial charge < -0.3 is 23.6 Å². The second kappa shape index (κ2) is 22.6. The van der Waals surface area contributed by atoms with Gasteiger partial charge in [0.05, 0.1) is 0 Å². The zero-order chi connectivity index (χ0) is 7.15. The van der Waals surface area contributed by atoms with E-state index in [1.165, 1.54) is 0 Å². The van der Waals surface area contributed by atoms with Gasteiger partial charge in [-0.2, -0.15) is 0 Å². The topological polar surface area (TPSA) is 121 Å². The van der Waals surface area contributed by atoms with E-state index in [0.717, 1.165) is 0 Å². The van der Waals surface area contributed by atoms with Crippen LogP contribution in [0.2, 0.25) is 0 Å². The van der Waals surface area contributed by atoms with Crippen LogP contribution in [0.5, 0.6) is 0 Å². The first-order valence-corrected chi connectivity index (χ1v) is 3.79. The van der Waals surface area contributed by atoms with Gasteiger partial charge >= 0.3 is 68.3 Å². The summed E-state index contributed by atoms with van der Waals surface area (Å²) in [6.07, 6.45) is 0. The summed E-state index contributed by atoms with van der Waals surface area (Å²) < 4.78 is 17.3. The third kappa shape index (κ3) is 360. The maximum absolute atomic E-state index is 8.74. The first-order valence-electron chi connectivity index (χ1n) is 1.26. The van der Waals surface area contributed by atoms with Crippen molar-refractivity contribution in [3.8, 4) is 0 Å². The molecular weight excluding hydrogens is 225 g/mol. The van der Waals surface area contributed by atoms with Gasteiger partial charge in [-0.25, -0.2) is 0 Å². The Morgan fingerprint density at radius 3 is 1.00 bits per heavy atom. The minimum atomic E-state index is -3.63. The Hall–Kier alpha value is 1.77. The van der Waals surface area contributed by atoms with Crippen LogP contribution < -0.4 is 68.7 Å². The van der Waals surface area contributed by atoms with Crippen LogP contribution in [0.15, 0.2) is 0 Å². The van der Waals surface area contributed by atoms with Crippen molar-refractivity contribution in [3.63, 3.8) is 0 Å². The molecule has 0 radical (unpaired) electrons. The molecule has 0 saturated carbocycles. The minimum Gasteiger partial charge on any atom is -0.672 e. The minimum absolute atomic E-state index is 0. The van der Waals surface area contributed by atoms with E-state index < -0.39 is 18.3 Å². The van der Waals surface area contributed by atoms with Crippen molar-refractivity contribution in [3.05, 3.63) is 0 Å². The Morgan fingerprint density at radius 1 is 1.00 bits per heavy atom. The molecule has 0 aliphatic heterocycles. The molecule has 6 nitrogen and oxygen atoms in total. The molecule has 0 bridgehead atoms. The van der Waals surface area contributed by atoms with E-state index >= 15 is 0 Å². The maximum Gasteiger partial charge on any atom is 1.00 e. The van der Waals surface area contributed by atoms with Gasteiger partial charge in [0.25, 0.3) is 0 Å². The molecule has 11 heavy (non-hydrogen) atoms. The normalized spacial score (nSPS) is 4.36. The third-order valence-corrected chi connectivity index (χ3v) is 0. The van der Waals surface area contributed by atoms with Crippen molar-refractivity contribution in [2.24, 2.45) is 0 Å². The van der Waals surface area contributed by atoms with Crippen molar-refractivity contribution in [1.82, 2.24) is 0 Å². The molecule has 0 rings (SSSR count). The molecule has 0 amide bonds. The van der Waals surface area contributed by atoms with Gasteiger partial charge in [-0.05, 0) is 0 Å². The summed E-state index contributed by atoms with van der Waals surface area (Å²) >= 11 is 0. The van der Waals surface area contributed by atoms with E-state index in [-0.39, 0.29) is 76.5 Å². The van der Waals surface area contributed by atoms with Crippen molar-refractivity contribution in [2.75, 3.05) is 0 Å². The first-order chi connectivity index (χ1) is 3.46. The maximum atomic E-state index is 8.74. The number of hydrogen-bond donors (Lipinski definition) is 2. The fourth-order valence-corrected chi connectivity index (χ4v) is 0. The van der Waals surface area contributed by atoms with Crippen LogP contribution in [0, 0.1) is 0 Å². The Bertz CT molecular complexity index is 76.6. The number of hydrogen-bond acceptors (Lipinski definition) is 4. The van der Waals surface area contributed by atoms with E-state index in [9.17, 15) is 0 Å². The van der Waals surface area contributed by atoms with E-state index in [1.54, 1.807) is 0 Å². The Labute approximate surface area is 121 Å². The van der Waals surface area contributed by atoms with Crippen LogP contribution in [-0.4, -0.2) is 45.3 Å². The van der Waals surface area contributed by atoms with E-state index in [0.29, 0.717) is 0 Å². The van der Waals surface area contributed by atoms with Crippen LogP contribution in [0.1, 0.15) is 0 Å². The number of rotatable bonds is 0. The van der Waals surface area contributed by atoms with Gasteiger partial charge in [-0.15, -0.1) is 0 Å². The summed E-state index contributed by atoms with van der Waals surface area (Å²) in [4.78, 5) is 31.4. The van der Waals surface area contributed by atoms with Crippen LogP contribution in [-0.2, 0) is 8.92 Å². The molecule has 0 unspecified atom stereocenters. The van der Waals surface area contributed by atoms with Crippen molar-refractivity contribution in [1.29, 1.82) is 0 Å². The second-order valence-electron chi connectivity index (χ2n) is 0.533. The molecule has 0 atom stereocenters. The van der Waals surface area contributed by atoms with Crippen LogP contribution in [0.3, 0.4) is 0 Å². The van der Waals surface area contributed by atoms with E-state index in [2.05, 4.69) is 0 Å². The zero-order valence-corrected chi connectivity index (χ0v) is 11.5. The first kappa shape index (κ1) is 29.3. The molecular formula is H5AlNa2O6Si2. The summed E-state index contributed by atoms with van der Waals surface area (Å²) in [6, 6.07) is 0. The van der Waals surface area contributed by atoms with E-state index in [1.807, 2.05) is 0 Å². The SMILES string of the molecule is O=[Si](O)O.O=[Si]([O-])[O-].[AlH3].[Na+].[Na+]. The van der Waals surface area contributed by atoms with Crippen LogP contribution in [0.25, 0.3) is 0 Å². The predicted molar refractivity (Wildman–Crippen MR) is 27.3 cm³/mol. The molecule has 0 aliphatic carbocycles. The largest absolute Gasteiger partial charge is 1.00 e.